The van der Waals surface area contributed by atoms with Gasteiger partial charge in [-0.1, -0.05) is 29.3 Å². The molecular weight excluding hydrogens is 283 g/mol. The van der Waals surface area contributed by atoms with Gasteiger partial charge in [0.15, 0.2) is 18.9 Å². The quantitative estimate of drug-likeness (QED) is 0.870. The van der Waals surface area contributed by atoms with E-state index in [0.717, 1.165) is 11.1 Å². The normalized spacial score (nSPS) is 10.5. The second kappa shape index (κ2) is 5.59. The lowest BCUT2D eigenvalue weighted by molar-refractivity contribution is -0.688. The smallest absolute Gasteiger partial charge is 0.255 e. The van der Waals surface area contributed by atoms with Gasteiger partial charge in [0, 0.05) is 6.07 Å². The topological polar surface area (TPSA) is 47.0 Å². The predicted octanol–water partition coefficient (Wildman–Crippen LogP) is 2.74. The molecule has 2 N–H and O–H groups in total. The summed E-state index contributed by atoms with van der Waals surface area (Å²) < 4.78 is 1.83. The van der Waals surface area contributed by atoms with E-state index in [1.807, 2.05) is 23.8 Å². The van der Waals surface area contributed by atoms with E-state index < -0.39 is 5.91 Å². The first-order valence-corrected chi connectivity index (χ1v) is 6.47. The predicted molar refractivity (Wildman–Crippen MR) is 75.5 cm³/mol. The number of hydrogen-bond acceptors (Lipinski definition) is 1. The summed E-state index contributed by atoms with van der Waals surface area (Å²) in [5.41, 5.74) is 7.48. The molecule has 1 aromatic carbocycles. The van der Waals surface area contributed by atoms with E-state index in [9.17, 15) is 4.79 Å². The Bertz CT molecular complexity index is 621. The summed E-state index contributed by atoms with van der Waals surface area (Å²) in [7, 11) is 0. The fourth-order valence-corrected chi connectivity index (χ4v) is 2.35. The number of benzene rings is 1. The summed E-state index contributed by atoms with van der Waals surface area (Å²) in [6.45, 7) is 2.33. The molecule has 1 heterocycles. The van der Waals surface area contributed by atoms with Crippen LogP contribution >= 0.6 is 23.2 Å². The number of carbonyl (C=O) groups excluding carboxylic acids is 1. The number of aryl methyl sites for hydroxylation is 1. The van der Waals surface area contributed by atoms with Crippen molar-refractivity contribution in [1.29, 1.82) is 0 Å². The number of pyridine rings is 1. The van der Waals surface area contributed by atoms with Crippen molar-refractivity contribution in [2.75, 3.05) is 0 Å². The average molecular weight is 296 g/mol. The number of primary amides is 1. The second-order valence-corrected chi connectivity index (χ2v) is 5.09. The van der Waals surface area contributed by atoms with Crippen LogP contribution in [0.3, 0.4) is 0 Å². The lowest BCUT2D eigenvalue weighted by Gasteiger charge is -2.05. The minimum atomic E-state index is -0.447. The molecule has 0 bridgehead atoms. The van der Waals surface area contributed by atoms with E-state index in [1.54, 1.807) is 24.4 Å². The van der Waals surface area contributed by atoms with Gasteiger partial charge in [-0.2, -0.15) is 4.57 Å². The maximum absolute atomic E-state index is 11.3. The number of nitrogens with zero attached hydrogens (tertiary/aromatic N) is 1. The van der Waals surface area contributed by atoms with E-state index >= 15 is 0 Å². The molecule has 0 unspecified atom stereocenters. The van der Waals surface area contributed by atoms with Crippen LogP contribution in [0.1, 0.15) is 21.5 Å². The molecule has 2 rings (SSSR count). The lowest BCUT2D eigenvalue weighted by atomic mass is 10.1. The van der Waals surface area contributed by atoms with Gasteiger partial charge in [0.2, 0.25) is 0 Å². The van der Waals surface area contributed by atoms with Crippen LogP contribution in [0.5, 0.6) is 0 Å². The number of hydrogen-bond donors (Lipinski definition) is 1. The van der Waals surface area contributed by atoms with Crippen molar-refractivity contribution in [1.82, 2.24) is 0 Å². The fourth-order valence-electron chi connectivity index (χ4n) is 1.83. The summed E-state index contributed by atoms with van der Waals surface area (Å²) in [5.74, 6) is -0.447. The standard InChI is InChI=1S/C14H12Cl2N2O/c1-9-5-6-18(7-10(9)14(17)19)8-11-12(15)3-2-4-13(11)16/h2-7H,8H2,1H3,(H-,17,19)/p+1. The molecule has 0 spiro atoms. The molecule has 0 aliphatic heterocycles. The van der Waals surface area contributed by atoms with Crippen LogP contribution in [-0.2, 0) is 6.54 Å². The SMILES string of the molecule is Cc1cc[n+](Cc2c(Cl)cccc2Cl)cc1C(N)=O. The maximum Gasteiger partial charge on any atom is 0.255 e. The van der Waals surface area contributed by atoms with E-state index in [2.05, 4.69) is 0 Å². The van der Waals surface area contributed by atoms with Crippen molar-refractivity contribution in [3.63, 3.8) is 0 Å². The van der Waals surface area contributed by atoms with Crippen LogP contribution in [0.2, 0.25) is 10.0 Å². The van der Waals surface area contributed by atoms with Gasteiger partial charge in [0.05, 0.1) is 15.6 Å². The minimum absolute atomic E-state index is 0.447. The Hall–Kier alpha value is -1.58. The highest BCUT2D eigenvalue weighted by Gasteiger charge is 2.14. The molecule has 0 atom stereocenters. The van der Waals surface area contributed by atoms with E-state index in [-0.39, 0.29) is 0 Å². The highest BCUT2D eigenvalue weighted by molar-refractivity contribution is 6.35. The number of rotatable bonds is 3. The fraction of sp³-hybridized carbons (Fsp3) is 0.143. The second-order valence-electron chi connectivity index (χ2n) is 4.28. The Labute approximate surface area is 121 Å². The molecule has 0 radical (unpaired) electrons. The largest absolute Gasteiger partial charge is 0.365 e. The third-order valence-corrected chi connectivity index (χ3v) is 3.61. The lowest BCUT2D eigenvalue weighted by Crippen LogP contribution is -2.36. The molecule has 3 nitrogen and oxygen atoms in total. The van der Waals surface area contributed by atoms with Crippen molar-refractivity contribution >= 4 is 29.1 Å². The molecule has 0 aliphatic carbocycles. The average Bonchev–Trinajstić information content (AvgIpc) is 2.35. The Kier molecular flexibility index (Phi) is 4.08. The highest BCUT2D eigenvalue weighted by atomic mass is 35.5. The van der Waals surface area contributed by atoms with Gasteiger partial charge >= 0.3 is 0 Å². The van der Waals surface area contributed by atoms with Gasteiger partial charge in [-0.25, -0.2) is 0 Å². The molecular formula is C14H13Cl2N2O+. The van der Waals surface area contributed by atoms with Gasteiger partial charge in [-0.05, 0) is 24.6 Å². The molecule has 1 aromatic heterocycles. The number of amides is 1. The third kappa shape index (κ3) is 3.06. The van der Waals surface area contributed by atoms with E-state index in [0.29, 0.717) is 22.2 Å². The van der Waals surface area contributed by atoms with Crippen LogP contribution in [-0.4, -0.2) is 5.91 Å². The first-order valence-electron chi connectivity index (χ1n) is 5.71. The molecule has 5 heteroatoms. The van der Waals surface area contributed by atoms with Crippen LogP contribution in [0.4, 0.5) is 0 Å². The molecule has 0 saturated carbocycles. The number of nitrogens with two attached hydrogens (primary N) is 1. The van der Waals surface area contributed by atoms with Gasteiger partial charge in [-0.15, -0.1) is 0 Å². The van der Waals surface area contributed by atoms with E-state index in [4.69, 9.17) is 28.9 Å². The van der Waals surface area contributed by atoms with Gasteiger partial charge in [0.1, 0.15) is 5.56 Å². The summed E-state index contributed by atoms with van der Waals surface area (Å²) in [5, 5.41) is 1.20. The van der Waals surface area contributed by atoms with Gasteiger partial charge in [0.25, 0.3) is 5.91 Å². The van der Waals surface area contributed by atoms with Gasteiger partial charge in [-0.3, -0.25) is 4.79 Å². The third-order valence-electron chi connectivity index (χ3n) is 2.90. The van der Waals surface area contributed by atoms with Crippen LogP contribution in [0, 0.1) is 6.92 Å². The molecule has 98 valence electrons. The Balaban J connectivity index is 2.39. The van der Waals surface area contributed by atoms with Crippen molar-refractivity contribution in [2.45, 2.75) is 13.5 Å². The minimum Gasteiger partial charge on any atom is -0.365 e. The first-order chi connectivity index (χ1) is 8.99. The molecule has 0 aliphatic rings. The highest BCUT2D eigenvalue weighted by Crippen LogP contribution is 2.23. The Morgan fingerprint density at radius 3 is 2.47 bits per heavy atom. The first kappa shape index (κ1) is 13.8. The maximum atomic E-state index is 11.3. The molecule has 19 heavy (non-hydrogen) atoms. The zero-order valence-corrected chi connectivity index (χ0v) is 11.9. The zero-order chi connectivity index (χ0) is 14.0. The molecule has 2 aromatic rings. The Morgan fingerprint density at radius 2 is 1.89 bits per heavy atom. The van der Waals surface area contributed by atoms with Crippen molar-refractivity contribution < 1.29 is 9.36 Å². The van der Waals surface area contributed by atoms with E-state index in [1.165, 1.54) is 0 Å². The summed E-state index contributed by atoms with van der Waals surface area (Å²) in [6.07, 6.45) is 3.57. The van der Waals surface area contributed by atoms with Crippen LogP contribution < -0.4 is 10.3 Å². The van der Waals surface area contributed by atoms with Gasteiger partial charge < -0.3 is 5.73 Å². The summed E-state index contributed by atoms with van der Waals surface area (Å²) in [6, 6.07) is 7.20. The monoisotopic (exact) mass is 295 g/mol. The van der Waals surface area contributed by atoms with Crippen molar-refractivity contribution in [2.24, 2.45) is 5.73 Å². The zero-order valence-electron chi connectivity index (χ0n) is 10.4. The number of carbonyl (C=O) groups is 1. The number of halogens is 2. The molecule has 0 fully saturated rings. The molecule has 1 amide bonds. The Morgan fingerprint density at radius 1 is 1.26 bits per heavy atom. The number of aromatic nitrogens is 1. The summed E-state index contributed by atoms with van der Waals surface area (Å²) >= 11 is 12.2. The summed E-state index contributed by atoms with van der Waals surface area (Å²) in [4.78, 5) is 11.3. The van der Waals surface area contributed by atoms with Crippen molar-refractivity contribution in [3.8, 4) is 0 Å². The molecule has 0 saturated heterocycles. The van der Waals surface area contributed by atoms with Crippen LogP contribution in [0.25, 0.3) is 0 Å². The van der Waals surface area contributed by atoms with Crippen LogP contribution in [0.15, 0.2) is 36.7 Å². The van der Waals surface area contributed by atoms with Crippen molar-refractivity contribution in [3.05, 3.63) is 63.4 Å².